The number of aromatic nitrogens is 3. The molecule has 1 saturated heterocycles. The molecular formula is C22H30N6. The number of nitrogens with zero attached hydrogens (tertiary/aromatic N) is 3. The fraction of sp³-hybridized carbons (Fsp3) is 0.455. The van der Waals surface area contributed by atoms with Crippen molar-refractivity contribution in [3.63, 3.8) is 0 Å². The van der Waals surface area contributed by atoms with E-state index in [1.165, 1.54) is 16.7 Å². The fourth-order valence-corrected chi connectivity index (χ4v) is 4.04. The zero-order valence-electron chi connectivity index (χ0n) is 17.6. The van der Waals surface area contributed by atoms with E-state index in [4.69, 9.17) is 9.97 Å². The first-order valence-corrected chi connectivity index (χ1v) is 10.0. The van der Waals surface area contributed by atoms with Crippen LogP contribution in [-0.4, -0.2) is 45.5 Å². The van der Waals surface area contributed by atoms with Crippen LogP contribution in [0.5, 0.6) is 0 Å². The molecule has 6 heteroatoms. The Bertz CT molecular complexity index is 1010. The van der Waals surface area contributed by atoms with Crippen molar-refractivity contribution in [3.05, 3.63) is 41.1 Å². The van der Waals surface area contributed by atoms with Gasteiger partial charge in [0, 0.05) is 30.5 Å². The minimum absolute atomic E-state index is 0.337. The zero-order valence-corrected chi connectivity index (χ0v) is 17.6. The minimum atomic E-state index is 0.337. The number of anilines is 3. The van der Waals surface area contributed by atoms with Crippen LogP contribution in [0.3, 0.4) is 0 Å². The van der Waals surface area contributed by atoms with Crippen LogP contribution < -0.4 is 10.6 Å². The summed E-state index contributed by atoms with van der Waals surface area (Å²) in [5.74, 6) is 2.02. The number of aryl methyl sites for hydroxylation is 1. The summed E-state index contributed by atoms with van der Waals surface area (Å²) in [5, 5.41) is 8.11. The van der Waals surface area contributed by atoms with Crippen LogP contribution in [0.4, 0.5) is 17.5 Å². The molecule has 0 bridgehead atoms. The number of hydrogen-bond acceptors (Lipinski definition) is 5. The average molecular weight is 379 g/mol. The van der Waals surface area contributed by atoms with Crippen LogP contribution in [0.1, 0.15) is 30.5 Å². The Hall–Kier alpha value is -2.60. The van der Waals surface area contributed by atoms with Gasteiger partial charge in [-0.15, -0.1) is 0 Å². The number of fused-ring (bicyclic) bond motifs is 1. The van der Waals surface area contributed by atoms with E-state index in [0.29, 0.717) is 23.9 Å². The summed E-state index contributed by atoms with van der Waals surface area (Å²) in [5.41, 5.74) is 5.77. The summed E-state index contributed by atoms with van der Waals surface area (Å²) in [4.78, 5) is 15.2. The van der Waals surface area contributed by atoms with E-state index in [9.17, 15) is 0 Å². The van der Waals surface area contributed by atoms with Gasteiger partial charge in [0.25, 0.3) is 0 Å². The van der Waals surface area contributed by atoms with Crippen molar-refractivity contribution in [1.29, 1.82) is 0 Å². The summed E-state index contributed by atoms with van der Waals surface area (Å²) < 4.78 is 0. The van der Waals surface area contributed by atoms with Crippen LogP contribution in [0.15, 0.2) is 24.4 Å². The predicted octanol–water partition coefficient (Wildman–Crippen LogP) is 4.38. The molecule has 0 radical (unpaired) electrons. The number of likely N-dealkylation sites (tertiary alicyclic amines) is 1. The third-order valence-electron chi connectivity index (χ3n) is 6.62. The summed E-state index contributed by atoms with van der Waals surface area (Å²) in [6, 6.07) is 7.18. The molecule has 3 N–H and O–H groups in total. The second-order valence-electron chi connectivity index (χ2n) is 8.23. The van der Waals surface area contributed by atoms with E-state index < -0.39 is 0 Å². The normalized spacial score (nSPS) is 22.7. The van der Waals surface area contributed by atoms with Crippen molar-refractivity contribution < 1.29 is 0 Å². The van der Waals surface area contributed by atoms with Crippen LogP contribution in [0, 0.1) is 26.7 Å². The molecule has 2 aromatic heterocycles. The van der Waals surface area contributed by atoms with Crippen molar-refractivity contribution in [2.45, 2.75) is 46.7 Å². The van der Waals surface area contributed by atoms with Crippen molar-refractivity contribution >= 4 is 28.5 Å². The topological polar surface area (TPSA) is 68.9 Å². The van der Waals surface area contributed by atoms with Gasteiger partial charge in [0.15, 0.2) is 0 Å². The van der Waals surface area contributed by atoms with Gasteiger partial charge in [-0.1, -0.05) is 13.0 Å². The van der Waals surface area contributed by atoms with Gasteiger partial charge in [-0.2, -0.15) is 9.97 Å². The van der Waals surface area contributed by atoms with Gasteiger partial charge in [-0.3, -0.25) is 0 Å². The number of likely N-dealkylation sites (N-methyl/N-ethyl adjacent to an activating group) is 1. The fourth-order valence-electron chi connectivity index (χ4n) is 4.04. The van der Waals surface area contributed by atoms with Gasteiger partial charge in [-0.05, 0) is 69.5 Å². The lowest BCUT2D eigenvalue weighted by Gasteiger charge is -2.19. The van der Waals surface area contributed by atoms with Crippen LogP contribution >= 0.6 is 0 Å². The monoisotopic (exact) mass is 378 g/mol. The van der Waals surface area contributed by atoms with Crippen molar-refractivity contribution in [3.8, 4) is 0 Å². The molecule has 3 aromatic rings. The van der Waals surface area contributed by atoms with Gasteiger partial charge in [-0.25, -0.2) is 0 Å². The van der Waals surface area contributed by atoms with Crippen LogP contribution in [0.2, 0.25) is 0 Å². The molecule has 1 fully saturated rings. The van der Waals surface area contributed by atoms with Gasteiger partial charge in [0.05, 0.1) is 5.39 Å². The summed E-state index contributed by atoms with van der Waals surface area (Å²) in [6.45, 7) is 12.0. The summed E-state index contributed by atoms with van der Waals surface area (Å²) in [7, 11) is 2.17. The smallest absolute Gasteiger partial charge is 0.226 e. The molecule has 0 spiro atoms. The number of hydrogen-bond donors (Lipinski definition) is 3. The van der Waals surface area contributed by atoms with Gasteiger partial charge in [0.1, 0.15) is 11.5 Å². The Morgan fingerprint density at radius 3 is 2.57 bits per heavy atom. The molecule has 1 aliphatic rings. The highest BCUT2D eigenvalue weighted by Gasteiger charge is 2.34. The third-order valence-corrected chi connectivity index (χ3v) is 6.62. The van der Waals surface area contributed by atoms with E-state index >= 15 is 0 Å². The largest absolute Gasteiger partial charge is 0.350 e. The predicted molar refractivity (Wildman–Crippen MR) is 116 cm³/mol. The molecule has 3 atom stereocenters. The van der Waals surface area contributed by atoms with E-state index in [-0.39, 0.29) is 0 Å². The molecule has 3 unspecified atom stereocenters. The highest BCUT2D eigenvalue weighted by Crippen LogP contribution is 2.30. The SMILES string of the molecule is Cc1ccc(Nc2nc(NC3CN(C)C(C)C3C)nc3[nH]ccc23)c(C)c1C. The van der Waals surface area contributed by atoms with E-state index in [0.717, 1.165) is 29.1 Å². The number of H-pyrrole nitrogens is 1. The minimum Gasteiger partial charge on any atom is -0.350 e. The maximum absolute atomic E-state index is 4.84. The molecular weight excluding hydrogens is 348 g/mol. The standard InChI is InChI=1S/C22H30N6/c1-12-7-8-18(14(3)13(12)2)24-21-17-9-10-23-20(17)26-22(27-21)25-19-11-28(6)16(5)15(19)4/h7-10,15-16,19H,11H2,1-6H3,(H3,23,24,25,26,27). The Labute approximate surface area is 166 Å². The number of rotatable bonds is 4. The summed E-state index contributed by atoms with van der Waals surface area (Å²) in [6.07, 6.45) is 1.91. The van der Waals surface area contributed by atoms with Gasteiger partial charge >= 0.3 is 0 Å². The molecule has 3 heterocycles. The lowest BCUT2D eigenvalue weighted by atomic mass is 10.0. The molecule has 0 saturated carbocycles. The molecule has 148 valence electrons. The lowest BCUT2D eigenvalue weighted by Crippen LogP contribution is -2.28. The van der Waals surface area contributed by atoms with Crippen LogP contribution in [-0.2, 0) is 0 Å². The second kappa shape index (κ2) is 7.09. The highest BCUT2D eigenvalue weighted by molar-refractivity contribution is 5.90. The molecule has 0 aliphatic carbocycles. The summed E-state index contributed by atoms with van der Waals surface area (Å²) >= 11 is 0. The Morgan fingerprint density at radius 1 is 1.07 bits per heavy atom. The second-order valence-corrected chi connectivity index (χ2v) is 8.23. The van der Waals surface area contributed by atoms with E-state index in [2.05, 4.69) is 74.3 Å². The Kier molecular flexibility index (Phi) is 4.75. The first-order valence-electron chi connectivity index (χ1n) is 10.0. The van der Waals surface area contributed by atoms with E-state index in [1.807, 2.05) is 12.3 Å². The van der Waals surface area contributed by atoms with Crippen molar-refractivity contribution in [1.82, 2.24) is 19.9 Å². The van der Waals surface area contributed by atoms with Crippen molar-refractivity contribution in [2.75, 3.05) is 24.2 Å². The molecule has 6 nitrogen and oxygen atoms in total. The molecule has 1 aliphatic heterocycles. The first-order chi connectivity index (χ1) is 13.3. The highest BCUT2D eigenvalue weighted by atomic mass is 15.2. The molecule has 28 heavy (non-hydrogen) atoms. The van der Waals surface area contributed by atoms with Crippen molar-refractivity contribution in [2.24, 2.45) is 5.92 Å². The van der Waals surface area contributed by atoms with Gasteiger partial charge < -0.3 is 20.5 Å². The Balaban J connectivity index is 1.67. The first kappa shape index (κ1) is 18.7. The quantitative estimate of drug-likeness (QED) is 0.629. The third kappa shape index (κ3) is 3.22. The maximum Gasteiger partial charge on any atom is 0.226 e. The molecule has 4 rings (SSSR count). The van der Waals surface area contributed by atoms with Gasteiger partial charge in [0.2, 0.25) is 5.95 Å². The molecule has 1 aromatic carbocycles. The van der Waals surface area contributed by atoms with Crippen LogP contribution in [0.25, 0.3) is 11.0 Å². The molecule has 0 amide bonds. The average Bonchev–Trinajstić information content (AvgIpc) is 3.23. The number of benzene rings is 1. The number of nitrogens with one attached hydrogen (secondary N) is 3. The zero-order chi connectivity index (χ0) is 20.0. The lowest BCUT2D eigenvalue weighted by molar-refractivity contribution is 0.301. The number of aromatic amines is 1. The van der Waals surface area contributed by atoms with E-state index in [1.54, 1.807) is 0 Å². The Morgan fingerprint density at radius 2 is 1.86 bits per heavy atom. The maximum atomic E-state index is 4.84.